The molecule has 0 saturated heterocycles. The third kappa shape index (κ3) is 2.12. The number of carboxylic acids is 1. The lowest BCUT2D eigenvalue weighted by molar-refractivity contribution is -0.387. The summed E-state index contributed by atoms with van der Waals surface area (Å²) in [7, 11) is 1.08. The number of halogens is 2. The lowest BCUT2D eigenvalue weighted by Gasteiger charge is -2.13. The smallest absolute Gasteiger partial charge is 0.316 e. The minimum absolute atomic E-state index is 0.598. The minimum atomic E-state index is -3.83. The quantitative estimate of drug-likeness (QED) is 0.617. The van der Waals surface area contributed by atoms with Gasteiger partial charge < -0.3 is 5.11 Å². The Bertz CT molecular complexity index is 443. The number of aryl methyl sites for hydroxylation is 1. The number of alkyl halides is 2. The zero-order chi connectivity index (χ0) is 12.5. The van der Waals surface area contributed by atoms with Gasteiger partial charge in [0, 0.05) is 7.05 Å². The number of aliphatic carboxylic acids is 1. The minimum Gasteiger partial charge on any atom is -0.481 e. The van der Waals surface area contributed by atoms with E-state index in [-0.39, 0.29) is 0 Å². The van der Waals surface area contributed by atoms with Gasteiger partial charge in [0.2, 0.25) is 0 Å². The zero-order valence-corrected chi connectivity index (χ0v) is 8.05. The fraction of sp³-hybridized carbons (Fsp3) is 0.429. The summed E-state index contributed by atoms with van der Waals surface area (Å²) in [6, 6.07) is 0. The predicted molar refractivity (Wildman–Crippen MR) is 46.0 cm³/mol. The zero-order valence-electron chi connectivity index (χ0n) is 8.05. The van der Waals surface area contributed by atoms with E-state index >= 15 is 0 Å². The molecule has 1 N–H and O–H groups in total. The molecule has 0 aliphatic rings. The Morgan fingerprint density at radius 2 is 2.31 bits per heavy atom. The number of hydrogen-bond donors (Lipinski definition) is 1. The molecule has 1 rings (SSSR count). The van der Waals surface area contributed by atoms with Crippen molar-refractivity contribution >= 4 is 11.7 Å². The van der Waals surface area contributed by atoms with Crippen LogP contribution < -0.4 is 0 Å². The van der Waals surface area contributed by atoms with Gasteiger partial charge >= 0.3 is 17.6 Å². The highest BCUT2D eigenvalue weighted by atomic mass is 19.3. The van der Waals surface area contributed by atoms with Crippen molar-refractivity contribution < 1.29 is 23.6 Å². The van der Waals surface area contributed by atoms with Crippen molar-refractivity contribution in [3.05, 3.63) is 22.0 Å². The van der Waals surface area contributed by atoms with Crippen LogP contribution >= 0.6 is 0 Å². The molecule has 0 atom stereocenters. The van der Waals surface area contributed by atoms with Gasteiger partial charge in [-0.1, -0.05) is 0 Å². The van der Waals surface area contributed by atoms with E-state index in [1.165, 1.54) is 0 Å². The Hall–Kier alpha value is -2.06. The summed E-state index contributed by atoms with van der Waals surface area (Å²) in [5.41, 5.74) is -1.91. The van der Waals surface area contributed by atoms with Crippen LogP contribution in [-0.2, 0) is 17.8 Å². The van der Waals surface area contributed by atoms with Crippen LogP contribution in [0.5, 0.6) is 0 Å². The molecule has 0 saturated carbocycles. The summed E-state index contributed by atoms with van der Waals surface area (Å²) < 4.78 is 27.3. The monoisotopic (exact) mass is 235 g/mol. The van der Waals surface area contributed by atoms with E-state index < -0.39 is 34.6 Å². The number of hydrogen-bond acceptors (Lipinski definition) is 4. The summed E-state index contributed by atoms with van der Waals surface area (Å²) in [5, 5.41) is 22.0. The third-order valence-corrected chi connectivity index (χ3v) is 1.84. The van der Waals surface area contributed by atoms with Gasteiger partial charge in [-0.2, -0.15) is 13.9 Å². The second-order valence-electron chi connectivity index (χ2n) is 3.03. The number of rotatable bonds is 4. The third-order valence-electron chi connectivity index (χ3n) is 1.84. The molecular formula is C7H7F2N3O4. The molecule has 16 heavy (non-hydrogen) atoms. The van der Waals surface area contributed by atoms with Gasteiger partial charge in [0.25, 0.3) is 0 Å². The molecule has 0 aromatic carbocycles. The first-order chi connectivity index (χ1) is 7.25. The van der Waals surface area contributed by atoms with Crippen molar-refractivity contribution in [1.29, 1.82) is 0 Å². The molecule has 0 aliphatic heterocycles. The predicted octanol–water partition coefficient (Wildman–Crippen LogP) is 0.895. The fourth-order valence-corrected chi connectivity index (χ4v) is 1.26. The Morgan fingerprint density at radius 1 is 1.75 bits per heavy atom. The molecule has 0 aliphatic carbocycles. The first-order valence-corrected chi connectivity index (χ1v) is 4.02. The summed E-state index contributed by atoms with van der Waals surface area (Å²) in [6.07, 6.45) is -0.863. The maximum Gasteiger partial charge on any atom is 0.316 e. The topological polar surface area (TPSA) is 98.3 Å². The Morgan fingerprint density at radius 3 is 2.75 bits per heavy atom. The van der Waals surface area contributed by atoms with E-state index in [1.807, 2.05) is 0 Å². The van der Waals surface area contributed by atoms with Crippen LogP contribution in [-0.4, -0.2) is 25.8 Å². The van der Waals surface area contributed by atoms with E-state index in [4.69, 9.17) is 5.11 Å². The molecular weight excluding hydrogens is 228 g/mol. The molecule has 7 nitrogen and oxygen atoms in total. The highest BCUT2D eigenvalue weighted by Crippen LogP contribution is 2.36. The number of aromatic nitrogens is 2. The van der Waals surface area contributed by atoms with Crippen LogP contribution in [0, 0.1) is 10.1 Å². The maximum atomic E-state index is 13.4. The van der Waals surface area contributed by atoms with Crippen molar-refractivity contribution in [2.45, 2.75) is 12.3 Å². The van der Waals surface area contributed by atoms with Crippen molar-refractivity contribution in [2.75, 3.05) is 0 Å². The molecule has 0 spiro atoms. The van der Waals surface area contributed by atoms with E-state index in [2.05, 4.69) is 5.10 Å². The van der Waals surface area contributed by atoms with E-state index in [1.54, 1.807) is 0 Å². The van der Waals surface area contributed by atoms with Crippen LogP contribution in [0.1, 0.15) is 12.1 Å². The van der Waals surface area contributed by atoms with Gasteiger partial charge in [-0.25, -0.2) is 0 Å². The molecule has 9 heteroatoms. The molecule has 0 bridgehead atoms. The van der Waals surface area contributed by atoms with Gasteiger partial charge in [0.15, 0.2) is 5.69 Å². The van der Waals surface area contributed by atoms with Crippen LogP contribution in [0.25, 0.3) is 0 Å². The largest absolute Gasteiger partial charge is 0.481 e. The van der Waals surface area contributed by atoms with Crippen LogP contribution in [0.2, 0.25) is 0 Å². The normalized spacial score (nSPS) is 11.4. The number of nitro groups is 1. The van der Waals surface area contributed by atoms with E-state index in [0.29, 0.717) is 10.9 Å². The molecule has 0 fully saturated rings. The Labute approximate surface area is 87.4 Å². The molecule has 0 unspecified atom stereocenters. The van der Waals surface area contributed by atoms with Crippen molar-refractivity contribution in [3.63, 3.8) is 0 Å². The molecule has 88 valence electrons. The second-order valence-corrected chi connectivity index (χ2v) is 3.03. The molecule has 0 amide bonds. The SMILES string of the molecule is Cn1ncc([N+](=O)[O-])c1C(F)(F)CC(=O)O. The summed E-state index contributed by atoms with van der Waals surface area (Å²) in [4.78, 5) is 19.6. The average molecular weight is 235 g/mol. The van der Waals surface area contributed by atoms with Crippen molar-refractivity contribution in [2.24, 2.45) is 7.05 Å². The second kappa shape index (κ2) is 3.83. The number of nitrogens with zero attached hydrogens (tertiary/aromatic N) is 3. The van der Waals surface area contributed by atoms with Crippen molar-refractivity contribution in [1.82, 2.24) is 9.78 Å². The average Bonchev–Trinajstić information content (AvgIpc) is 2.44. The van der Waals surface area contributed by atoms with Gasteiger partial charge in [0.1, 0.15) is 12.6 Å². The molecule has 0 radical (unpaired) electrons. The Kier molecular flexibility index (Phi) is 2.88. The van der Waals surface area contributed by atoms with E-state index in [0.717, 1.165) is 7.05 Å². The van der Waals surface area contributed by atoms with Gasteiger partial charge in [0.05, 0.1) is 4.92 Å². The highest BCUT2D eigenvalue weighted by molar-refractivity contribution is 5.68. The van der Waals surface area contributed by atoms with Gasteiger partial charge in [-0.05, 0) is 0 Å². The molecule has 1 heterocycles. The number of carbonyl (C=O) groups is 1. The standard InChI is InChI=1S/C7H7F2N3O4/c1-11-6(4(3-10-11)12(15)16)7(8,9)2-5(13)14/h3H,2H2,1H3,(H,13,14). The fourth-order valence-electron chi connectivity index (χ4n) is 1.26. The van der Waals surface area contributed by atoms with Crippen LogP contribution in [0.3, 0.4) is 0 Å². The van der Waals surface area contributed by atoms with Crippen LogP contribution in [0.4, 0.5) is 14.5 Å². The van der Waals surface area contributed by atoms with Crippen LogP contribution in [0.15, 0.2) is 6.20 Å². The van der Waals surface area contributed by atoms with Gasteiger partial charge in [-0.15, -0.1) is 0 Å². The first kappa shape index (κ1) is 12.0. The van der Waals surface area contributed by atoms with Crippen molar-refractivity contribution in [3.8, 4) is 0 Å². The highest BCUT2D eigenvalue weighted by Gasteiger charge is 2.44. The lowest BCUT2D eigenvalue weighted by Crippen LogP contribution is -2.23. The van der Waals surface area contributed by atoms with Gasteiger partial charge in [-0.3, -0.25) is 19.6 Å². The summed E-state index contributed by atoms with van der Waals surface area (Å²) in [5.74, 6) is -5.58. The lowest BCUT2D eigenvalue weighted by atomic mass is 10.1. The maximum absolute atomic E-state index is 13.4. The first-order valence-electron chi connectivity index (χ1n) is 4.02. The Balaban J connectivity index is 3.25. The molecule has 1 aromatic rings. The van der Waals surface area contributed by atoms with E-state index in [9.17, 15) is 23.7 Å². The summed E-state index contributed by atoms with van der Waals surface area (Å²) >= 11 is 0. The molecule has 1 aromatic heterocycles. The number of carboxylic acid groups (broad SMARTS) is 1. The summed E-state index contributed by atoms with van der Waals surface area (Å²) in [6.45, 7) is 0.